The Balaban J connectivity index is 1.93. The van der Waals surface area contributed by atoms with Gasteiger partial charge in [0.05, 0.1) is 7.11 Å². The zero-order valence-corrected chi connectivity index (χ0v) is 13.8. The number of likely N-dealkylation sites (tertiary alicyclic amines) is 1. The Bertz CT molecular complexity index is 681. The highest BCUT2D eigenvalue weighted by Gasteiger charge is 2.22. The van der Waals surface area contributed by atoms with Crippen LogP contribution in [-0.2, 0) is 0 Å². The summed E-state index contributed by atoms with van der Waals surface area (Å²) in [6.07, 6.45) is 2.30. The summed E-state index contributed by atoms with van der Waals surface area (Å²) in [6, 6.07) is 15.8. The lowest BCUT2D eigenvalue weighted by atomic mass is 9.98. The number of rotatable bonds is 3. The standard InChI is InChI=1S/C20H23NO2/c1-15-7-6-12-21(14-15)20(22)17-10-11-19(23-2)18(13-17)16-8-4-3-5-9-16/h3-5,8-11,13,15H,6-7,12,14H2,1-2H3. The number of benzene rings is 2. The van der Waals surface area contributed by atoms with Crippen molar-refractivity contribution in [3.05, 3.63) is 54.1 Å². The summed E-state index contributed by atoms with van der Waals surface area (Å²) >= 11 is 0. The summed E-state index contributed by atoms with van der Waals surface area (Å²) in [5, 5.41) is 0. The molecule has 1 unspecified atom stereocenters. The van der Waals surface area contributed by atoms with Gasteiger partial charge in [-0.05, 0) is 42.5 Å². The fourth-order valence-electron chi connectivity index (χ4n) is 3.24. The normalized spacial score (nSPS) is 17.8. The average Bonchev–Trinajstić information content (AvgIpc) is 2.61. The van der Waals surface area contributed by atoms with Crippen molar-refractivity contribution in [1.29, 1.82) is 0 Å². The Morgan fingerprint density at radius 1 is 1.17 bits per heavy atom. The smallest absolute Gasteiger partial charge is 0.253 e. The van der Waals surface area contributed by atoms with Crippen LogP contribution >= 0.6 is 0 Å². The van der Waals surface area contributed by atoms with Gasteiger partial charge in [-0.2, -0.15) is 0 Å². The molecule has 0 N–H and O–H groups in total. The predicted molar refractivity (Wildman–Crippen MR) is 92.7 cm³/mol. The van der Waals surface area contributed by atoms with Crippen LogP contribution in [-0.4, -0.2) is 31.0 Å². The van der Waals surface area contributed by atoms with Crippen molar-refractivity contribution in [2.24, 2.45) is 5.92 Å². The highest BCUT2D eigenvalue weighted by molar-refractivity contribution is 5.96. The van der Waals surface area contributed by atoms with E-state index in [1.807, 2.05) is 53.4 Å². The molecule has 3 nitrogen and oxygen atoms in total. The van der Waals surface area contributed by atoms with E-state index in [4.69, 9.17) is 4.74 Å². The highest BCUT2D eigenvalue weighted by atomic mass is 16.5. The molecular weight excluding hydrogens is 286 g/mol. The number of piperidine rings is 1. The van der Waals surface area contributed by atoms with Crippen molar-refractivity contribution in [3.63, 3.8) is 0 Å². The van der Waals surface area contributed by atoms with E-state index in [1.165, 1.54) is 6.42 Å². The van der Waals surface area contributed by atoms with Crippen LogP contribution in [0.4, 0.5) is 0 Å². The van der Waals surface area contributed by atoms with Crippen LogP contribution in [0, 0.1) is 5.92 Å². The first kappa shape index (κ1) is 15.6. The first-order valence-corrected chi connectivity index (χ1v) is 8.22. The average molecular weight is 309 g/mol. The Labute approximate surface area is 137 Å². The molecule has 0 radical (unpaired) electrons. The lowest BCUT2D eigenvalue weighted by Gasteiger charge is -2.31. The quantitative estimate of drug-likeness (QED) is 0.849. The van der Waals surface area contributed by atoms with Crippen LogP contribution in [0.25, 0.3) is 11.1 Å². The third-order valence-corrected chi connectivity index (χ3v) is 4.48. The minimum Gasteiger partial charge on any atom is -0.496 e. The second-order valence-electron chi connectivity index (χ2n) is 6.28. The number of carbonyl (C=O) groups is 1. The molecule has 1 atom stereocenters. The Morgan fingerprint density at radius 3 is 2.65 bits per heavy atom. The molecule has 1 heterocycles. The molecule has 0 spiro atoms. The fraction of sp³-hybridized carbons (Fsp3) is 0.350. The molecule has 120 valence electrons. The molecule has 0 bridgehead atoms. The Hall–Kier alpha value is -2.29. The summed E-state index contributed by atoms with van der Waals surface area (Å²) in [6.45, 7) is 3.92. The first-order chi connectivity index (χ1) is 11.2. The van der Waals surface area contributed by atoms with Gasteiger partial charge >= 0.3 is 0 Å². The monoisotopic (exact) mass is 309 g/mol. The molecular formula is C20H23NO2. The van der Waals surface area contributed by atoms with Gasteiger partial charge in [0.2, 0.25) is 0 Å². The van der Waals surface area contributed by atoms with E-state index < -0.39 is 0 Å². The zero-order chi connectivity index (χ0) is 16.2. The molecule has 1 saturated heterocycles. The SMILES string of the molecule is COc1ccc(C(=O)N2CCCC(C)C2)cc1-c1ccccc1. The molecule has 2 aromatic carbocycles. The molecule has 1 amide bonds. The summed E-state index contributed by atoms with van der Waals surface area (Å²) in [4.78, 5) is 14.8. The molecule has 2 aromatic rings. The molecule has 3 heteroatoms. The van der Waals surface area contributed by atoms with Gasteiger partial charge in [-0.15, -0.1) is 0 Å². The lowest BCUT2D eigenvalue weighted by molar-refractivity contribution is 0.0683. The van der Waals surface area contributed by atoms with E-state index in [0.29, 0.717) is 5.92 Å². The molecule has 0 aliphatic carbocycles. The van der Waals surface area contributed by atoms with Crippen molar-refractivity contribution < 1.29 is 9.53 Å². The van der Waals surface area contributed by atoms with Gasteiger partial charge in [0.15, 0.2) is 0 Å². The minimum absolute atomic E-state index is 0.122. The minimum atomic E-state index is 0.122. The molecule has 1 aliphatic heterocycles. The van der Waals surface area contributed by atoms with Gasteiger partial charge in [0.1, 0.15) is 5.75 Å². The summed E-state index contributed by atoms with van der Waals surface area (Å²) in [7, 11) is 1.66. The van der Waals surface area contributed by atoms with Gasteiger partial charge < -0.3 is 9.64 Å². The van der Waals surface area contributed by atoms with Gasteiger partial charge in [-0.25, -0.2) is 0 Å². The van der Waals surface area contributed by atoms with Crippen LogP contribution in [0.1, 0.15) is 30.1 Å². The van der Waals surface area contributed by atoms with E-state index >= 15 is 0 Å². The molecule has 0 aromatic heterocycles. The van der Waals surface area contributed by atoms with Crippen molar-refractivity contribution in [2.45, 2.75) is 19.8 Å². The van der Waals surface area contributed by atoms with Gasteiger partial charge in [0, 0.05) is 24.2 Å². The first-order valence-electron chi connectivity index (χ1n) is 8.22. The predicted octanol–water partition coefficient (Wildman–Crippen LogP) is 4.23. The maximum atomic E-state index is 12.8. The van der Waals surface area contributed by atoms with Crippen molar-refractivity contribution >= 4 is 5.91 Å². The maximum absolute atomic E-state index is 12.8. The zero-order valence-electron chi connectivity index (χ0n) is 13.8. The van der Waals surface area contributed by atoms with E-state index in [1.54, 1.807) is 7.11 Å². The largest absolute Gasteiger partial charge is 0.496 e. The summed E-state index contributed by atoms with van der Waals surface area (Å²) < 4.78 is 5.47. The number of carbonyl (C=O) groups excluding carboxylic acids is 1. The molecule has 1 fully saturated rings. The highest BCUT2D eigenvalue weighted by Crippen LogP contribution is 2.31. The van der Waals surface area contributed by atoms with E-state index in [2.05, 4.69) is 6.92 Å². The lowest BCUT2D eigenvalue weighted by Crippen LogP contribution is -2.39. The second-order valence-corrected chi connectivity index (χ2v) is 6.28. The molecule has 1 aliphatic rings. The van der Waals surface area contributed by atoms with Crippen molar-refractivity contribution in [1.82, 2.24) is 4.90 Å². The van der Waals surface area contributed by atoms with E-state index in [9.17, 15) is 4.79 Å². The third kappa shape index (κ3) is 3.39. The topological polar surface area (TPSA) is 29.5 Å². The molecule has 23 heavy (non-hydrogen) atoms. The van der Waals surface area contributed by atoms with Crippen molar-refractivity contribution in [3.8, 4) is 16.9 Å². The summed E-state index contributed by atoms with van der Waals surface area (Å²) in [5.74, 6) is 1.50. The van der Waals surface area contributed by atoms with E-state index in [0.717, 1.165) is 42.0 Å². The van der Waals surface area contributed by atoms with Crippen LogP contribution in [0.5, 0.6) is 5.75 Å². The van der Waals surface area contributed by atoms with Gasteiger partial charge in [0.25, 0.3) is 5.91 Å². The number of amides is 1. The number of hydrogen-bond acceptors (Lipinski definition) is 2. The second kappa shape index (κ2) is 6.86. The van der Waals surface area contributed by atoms with Crippen LogP contribution in [0.15, 0.2) is 48.5 Å². The molecule has 3 rings (SSSR count). The number of nitrogens with zero attached hydrogens (tertiary/aromatic N) is 1. The van der Waals surface area contributed by atoms with Gasteiger partial charge in [-0.1, -0.05) is 37.3 Å². The number of methoxy groups -OCH3 is 1. The van der Waals surface area contributed by atoms with E-state index in [-0.39, 0.29) is 5.91 Å². The number of ether oxygens (including phenoxy) is 1. The number of hydrogen-bond donors (Lipinski definition) is 0. The fourth-order valence-corrected chi connectivity index (χ4v) is 3.24. The van der Waals surface area contributed by atoms with Gasteiger partial charge in [-0.3, -0.25) is 4.79 Å². The Morgan fingerprint density at radius 2 is 1.96 bits per heavy atom. The van der Waals surface area contributed by atoms with Crippen LogP contribution in [0.2, 0.25) is 0 Å². The van der Waals surface area contributed by atoms with Crippen molar-refractivity contribution in [2.75, 3.05) is 20.2 Å². The van der Waals surface area contributed by atoms with Crippen LogP contribution < -0.4 is 4.74 Å². The summed E-state index contributed by atoms with van der Waals surface area (Å²) in [5.41, 5.74) is 2.76. The third-order valence-electron chi connectivity index (χ3n) is 4.48. The maximum Gasteiger partial charge on any atom is 0.253 e. The van der Waals surface area contributed by atoms with Crippen LogP contribution in [0.3, 0.4) is 0 Å². The molecule has 0 saturated carbocycles. The Kier molecular flexibility index (Phi) is 4.65.